The van der Waals surface area contributed by atoms with Crippen molar-refractivity contribution in [3.8, 4) is 0 Å². The number of pyridine rings is 1. The van der Waals surface area contributed by atoms with Gasteiger partial charge in [-0.05, 0) is 62.2 Å². The molecule has 1 heterocycles. The zero-order valence-corrected chi connectivity index (χ0v) is 11.6. The molecule has 1 atom stereocenters. The van der Waals surface area contributed by atoms with Gasteiger partial charge in [0.25, 0.3) is 0 Å². The first-order valence-corrected chi connectivity index (χ1v) is 6.45. The molecule has 0 bridgehead atoms. The Bertz CT molecular complexity index is 566. The highest BCUT2D eigenvalue weighted by molar-refractivity contribution is 5.30. The van der Waals surface area contributed by atoms with Gasteiger partial charge in [0.15, 0.2) is 0 Å². The molecule has 0 aliphatic carbocycles. The summed E-state index contributed by atoms with van der Waals surface area (Å²) in [5.41, 5.74) is 4.30. The average molecular weight is 258 g/mol. The number of halogens is 1. The summed E-state index contributed by atoms with van der Waals surface area (Å²) in [5.74, 6) is -0.187. The molecule has 1 N–H and O–H groups in total. The van der Waals surface area contributed by atoms with Gasteiger partial charge in [0.2, 0.25) is 0 Å². The lowest BCUT2D eigenvalue weighted by Crippen LogP contribution is -2.21. The highest BCUT2D eigenvalue weighted by atomic mass is 19.1. The van der Waals surface area contributed by atoms with Gasteiger partial charge < -0.3 is 5.32 Å². The molecule has 0 saturated heterocycles. The van der Waals surface area contributed by atoms with Gasteiger partial charge in [-0.2, -0.15) is 0 Å². The largest absolute Gasteiger partial charge is 0.311 e. The molecule has 0 aliphatic rings. The van der Waals surface area contributed by atoms with Crippen LogP contribution in [0, 0.1) is 19.7 Å². The fourth-order valence-electron chi connectivity index (χ4n) is 2.28. The molecule has 0 aliphatic heterocycles. The minimum Gasteiger partial charge on any atom is -0.311 e. The van der Waals surface area contributed by atoms with E-state index in [0.29, 0.717) is 0 Å². The molecule has 100 valence electrons. The van der Waals surface area contributed by atoms with E-state index in [1.54, 1.807) is 12.3 Å². The maximum Gasteiger partial charge on any atom is 0.123 e. The lowest BCUT2D eigenvalue weighted by molar-refractivity contribution is 0.565. The molecule has 0 saturated carbocycles. The number of hydrogen-bond acceptors (Lipinski definition) is 2. The van der Waals surface area contributed by atoms with Crippen LogP contribution in [0.1, 0.15) is 28.4 Å². The van der Waals surface area contributed by atoms with Crippen LogP contribution in [0.5, 0.6) is 0 Å². The zero-order chi connectivity index (χ0) is 13.8. The van der Waals surface area contributed by atoms with Crippen LogP contribution in [0.15, 0.2) is 36.5 Å². The lowest BCUT2D eigenvalue weighted by atomic mass is 9.97. The molecule has 19 heavy (non-hydrogen) atoms. The first kappa shape index (κ1) is 13.7. The maximum atomic E-state index is 13.3. The summed E-state index contributed by atoms with van der Waals surface area (Å²) >= 11 is 0. The van der Waals surface area contributed by atoms with Gasteiger partial charge in [-0.3, -0.25) is 4.98 Å². The van der Waals surface area contributed by atoms with E-state index >= 15 is 0 Å². The standard InChI is InChI=1S/C16H19FN2/c1-11-6-7-14(17)9-13(11)10-15(18-3)16-12(2)5-4-8-19-16/h4-9,15,18H,10H2,1-3H3. The minimum absolute atomic E-state index is 0.0988. The summed E-state index contributed by atoms with van der Waals surface area (Å²) in [5, 5.41) is 3.27. The normalized spacial score (nSPS) is 12.4. The summed E-state index contributed by atoms with van der Waals surface area (Å²) in [4.78, 5) is 4.44. The second kappa shape index (κ2) is 5.93. The van der Waals surface area contributed by atoms with Crippen molar-refractivity contribution in [3.63, 3.8) is 0 Å². The highest BCUT2D eigenvalue weighted by Crippen LogP contribution is 2.21. The number of aromatic nitrogens is 1. The molecule has 0 radical (unpaired) electrons. The number of benzene rings is 1. The Labute approximate surface area is 113 Å². The Morgan fingerprint density at radius 2 is 2.00 bits per heavy atom. The van der Waals surface area contributed by atoms with Crippen LogP contribution in [0.4, 0.5) is 4.39 Å². The molecule has 1 aromatic carbocycles. The number of nitrogens with one attached hydrogen (secondary N) is 1. The molecule has 0 spiro atoms. The average Bonchev–Trinajstić information content (AvgIpc) is 2.41. The SMILES string of the molecule is CNC(Cc1cc(F)ccc1C)c1ncccc1C. The van der Waals surface area contributed by atoms with Crippen molar-refractivity contribution in [1.29, 1.82) is 0 Å². The van der Waals surface area contributed by atoms with Gasteiger partial charge in [-0.1, -0.05) is 12.1 Å². The van der Waals surface area contributed by atoms with Crippen molar-refractivity contribution in [2.24, 2.45) is 0 Å². The van der Waals surface area contributed by atoms with Gasteiger partial charge in [0, 0.05) is 6.20 Å². The number of likely N-dealkylation sites (N-methyl/N-ethyl adjacent to an activating group) is 1. The van der Waals surface area contributed by atoms with Crippen LogP contribution in [-0.4, -0.2) is 12.0 Å². The number of rotatable bonds is 4. The van der Waals surface area contributed by atoms with Crippen LogP contribution < -0.4 is 5.32 Å². The van der Waals surface area contributed by atoms with Crippen molar-refractivity contribution in [3.05, 3.63) is 64.7 Å². The molecular weight excluding hydrogens is 239 g/mol. The summed E-state index contributed by atoms with van der Waals surface area (Å²) < 4.78 is 13.3. The molecule has 1 unspecified atom stereocenters. The van der Waals surface area contributed by atoms with E-state index in [0.717, 1.165) is 28.8 Å². The first-order valence-electron chi connectivity index (χ1n) is 6.45. The van der Waals surface area contributed by atoms with E-state index in [-0.39, 0.29) is 11.9 Å². The zero-order valence-electron chi connectivity index (χ0n) is 11.6. The summed E-state index contributed by atoms with van der Waals surface area (Å²) in [6.45, 7) is 4.05. The number of nitrogens with zero attached hydrogens (tertiary/aromatic N) is 1. The van der Waals surface area contributed by atoms with Crippen molar-refractivity contribution >= 4 is 0 Å². The molecule has 3 heteroatoms. The summed E-state index contributed by atoms with van der Waals surface area (Å²) in [6, 6.07) is 9.01. The van der Waals surface area contributed by atoms with Crippen LogP contribution in [0.3, 0.4) is 0 Å². The fourth-order valence-corrected chi connectivity index (χ4v) is 2.28. The highest BCUT2D eigenvalue weighted by Gasteiger charge is 2.15. The third-order valence-electron chi connectivity index (χ3n) is 3.46. The molecule has 2 rings (SSSR count). The maximum absolute atomic E-state index is 13.3. The minimum atomic E-state index is -0.187. The third kappa shape index (κ3) is 3.18. The van der Waals surface area contributed by atoms with Gasteiger partial charge in [0.1, 0.15) is 5.82 Å². The molecule has 2 aromatic rings. The quantitative estimate of drug-likeness (QED) is 0.909. The smallest absolute Gasteiger partial charge is 0.123 e. The van der Waals surface area contributed by atoms with Crippen molar-refractivity contribution in [2.75, 3.05) is 7.05 Å². The monoisotopic (exact) mass is 258 g/mol. The topological polar surface area (TPSA) is 24.9 Å². The fraction of sp³-hybridized carbons (Fsp3) is 0.312. The summed E-state index contributed by atoms with van der Waals surface area (Å²) in [7, 11) is 1.91. The predicted molar refractivity (Wildman–Crippen MR) is 75.6 cm³/mol. The van der Waals surface area contributed by atoms with Crippen molar-refractivity contribution < 1.29 is 4.39 Å². The molecule has 2 nitrogen and oxygen atoms in total. The lowest BCUT2D eigenvalue weighted by Gasteiger charge is -2.18. The van der Waals surface area contributed by atoms with Crippen molar-refractivity contribution in [1.82, 2.24) is 10.3 Å². The Morgan fingerprint density at radius 1 is 1.21 bits per heavy atom. The number of aryl methyl sites for hydroxylation is 2. The molecular formula is C16H19FN2. The van der Waals surface area contributed by atoms with E-state index < -0.39 is 0 Å². The van der Waals surface area contributed by atoms with E-state index in [1.165, 1.54) is 6.07 Å². The Morgan fingerprint density at radius 3 is 2.68 bits per heavy atom. The molecule has 0 amide bonds. The second-order valence-electron chi connectivity index (χ2n) is 4.82. The Hall–Kier alpha value is -1.74. The van der Waals surface area contributed by atoms with Crippen LogP contribution in [-0.2, 0) is 6.42 Å². The second-order valence-corrected chi connectivity index (χ2v) is 4.82. The van der Waals surface area contributed by atoms with E-state index in [2.05, 4.69) is 10.3 Å². The number of hydrogen-bond donors (Lipinski definition) is 1. The van der Waals surface area contributed by atoms with Crippen molar-refractivity contribution in [2.45, 2.75) is 26.3 Å². The summed E-state index contributed by atoms with van der Waals surface area (Å²) in [6.07, 6.45) is 2.53. The predicted octanol–water partition coefficient (Wildman–Crippen LogP) is 3.34. The Balaban J connectivity index is 2.29. The van der Waals surface area contributed by atoms with Crippen LogP contribution >= 0.6 is 0 Å². The van der Waals surface area contributed by atoms with E-state index in [9.17, 15) is 4.39 Å². The molecule has 1 aromatic heterocycles. The van der Waals surface area contributed by atoms with Gasteiger partial charge in [0.05, 0.1) is 11.7 Å². The van der Waals surface area contributed by atoms with Gasteiger partial charge in [-0.25, -0.2) is 4.39 Å². The van der Waals surface area contributed by atoms with Gasteiger partial charge in [-0.15, -0.1) is 0 Å². The van der Waals surface area contributed by atoms with Gasteiger partial charge >= 0.3 is 0 Å². The van der Waals surface area contributed by atoms with Crippen LogP contribution in [0.25, 0.3) is 0 Å². The Kier molecular flexibility index (Phi) is 4.27. The third-order valence-corrected chi connectivity index (χ3v) is 3.46. The van der Waals surface area contributed by atoms with E-state index in [1.807, 2.05) is 39.1 Å². The van der Waals surface area contributed by atoms with E-state index in [4.69, 9.17) is 0 Å². The first-order chi connectivity index (χ1) is 9.11. The van der Waals surface area contributed by atoms with Crippen LogP contribution in [0.2, 0.25) is 0 Å². The molecule has 0 fully saturated rings.